The maximum Gasteiger partial charge on any atom is 0.236 e. The number of nitrogens with zero attached hydrogens (tertiary/aromatic N) is 1. The summed E-state index contributed by atoms with van der Waals surface area (Å²) in [6.45, 7) is 0. The molecule has 0 radical (unpaired) electrons. The largest absolute Gasteiger partial charge is 0.396 e. The lowest BCUT2D eigenvalue weighted by atomic mass is 9.95. The van der Waals surface area contributed by atoms with Crippen molar-refractivity contribution in [2.24, 2.45) is 0 Å². The molecule has 1 saturated carbocycles. The minimum Gasteiger partial charge on any atom is -0.396 e. The standard InChI is InChI=1S/C15H15N3O/c16-12-7-4-10-17-13(12)18-14(19)15(8-9-15)11-5-2-1-3-6-11/h1-7,10H,8-9,16H2,(H,17,18,19). The van der Waals surface area contributed by atoms with Crippen molar-refractivity contribution in [3.05, 3.63) is 54.2 Å². The van der Waals surface area contributed by atoms with E-state index in [-0.39, 0.29) is 5.91 Å². The quantitative estimate of drug-likeness (QED) is 0.882. The van der Waals surface area contributed by atoms with Gasteiger partial charge in [0.05, 0.1) is 11.1 Å². The van der Waals surface area contributed by atoms with Crippen molar-refractivity contribution in [2.45, 2.75) is 18.3 Å². The summed E-state index contributed by atoms with van der Waals surface area (Å²) in [6, 6.07) is 13.3. The average molecular weight is 253 g/mol. The van der Waals surface area contributed by atoms with Crippen molar-refractivity contribution in [1.82, 2.24) is 4.98 Å². The van der Waals surface area contributed by atoms with Crippen molar-refractivity contribution >= 4 is 17.4 Å². The lowest BCUT2D eigenvalue weighted by molar-refractivity contribution is -0.118. The van der Waals surface area contributed by atoms with Gasteiger partial charge in [0.25, 0.3) is 0 Å². The first-order valence-electron chi connectivity index (χ1n) is 6.30. The molecule has 1 aliphatic carbocycles. The maximum absolute atomic E-state index is 12.4. The molecule has 96 valence electrons. The van der Waals surface area contributed by atoms with E-state index < -0.39 is 5.41 Å². The van der Waals surface area contributed by atoms with Gasteiger partial charge in [-0.05, 0) is 30.5 Å². The van der Waals surface area contributed by atoms with Crippen LogP contribution in [0.5, 0.6) is 0 Å². The molecule has 1 fully saturated rings. The third-order valence-corrected chi connectivity index (χ3v) is 3.58. The molecule has 0 spiro atoms. The molecule has 0 saturated heterocycles. The van der Waals surface area contributed by atoms with Crippen LogP contribution in [0.25, 0.3) is 0 Å². The minimum absolute atomic E-state index is 0.0240. The Morgan fingerprint density at radius 1 is 1.16 bits per heavy atom. The third kappa shape index (κ3) is 2.05. The molecule has 0 unspecified atom stereocenters. The highest BCUT2D eigenvalue weighted by Gasteiger charge is 2.51. The van der Waals surface area contributed by atoms with Gasteiger partial charge in [-0.1, -0.05) is 30.3 Å². The highest BCUT2D eigenvalue weighted by molar-refractivity contribution is 6.02. The summed E-state index contributed by atoms with van der Waals surface area (Å²) in [5, 5.41) is 2.84. The van der Waals surface area contributed by atoms with E-state index in [1.54, 1.807) is 18.3 Å². The van der Waals surface area contributed by atoms with Gasteiger partial charge in [-0.2, -0.15) is 0 Å². The Morgan fingerprint density at radius 3 is 2.53 bits per heavy atom. The summed E-state index contributed by atoms with van der Waals surface area (Å²) in [7, 11) is 0. The molecule has 0 atom stereocenters. The number of hydrogen-bond acceptors (Lipinski definition) is 3. The molecule has 1 aromatic heterocycles. The van der Waals surface area contributed by atoms with Crippen LogP contribution in [0.2, 0.25) is 0 Å². The lowest BCUT2D eigenvalue weighted by Gasteiger charge is -2.15. The number of anilines is 2. The zero-order valence-corrected chi connectivity index (χ0v) is 10.5. The van der Waals surface area contributed by atoms with E-state index in [2.05, 4.69) is 10.3 Å². The third-order valence-electron chi connectivity index (χ3n) is 3.58. The van der Waals surface area contributed by atoms with E-state index >= 15 is 0 Å². The van der Waals surface area contributed by atoms with Crippen LogP contribution in [-0.4, -0.2) is 10.9 Å². The second kappa shape index (κ2) is 4.39. The number of carbonyl (C=O) groups excluding carboxylic acids is 1. The molecule has 3 N–H and O–H groups in total. The smallest absolute Gasteiger partial charge is 0.236 e. The zero-order valence-electron chi connectivity index (χ0n) is 10.5. The van der Waals surface area contributed by atoms with Crippen LogP contribution in [0.3, 0.4) is 0 Å². The molecule has 0 bridgehead atoms. The number of nitrogens with one attached hydrogen (secondary N) is 1. The lowest BCUT2D eigenvalue weighted by Crippen LogP contribution is -2.28. The molecule has 4 nitrogen and oxygen atoms in total. The normalized spacial score (nSPS) is 15.8. The van der Waals surface area contributed by atoms with E-state index in [9.17, 15) is 4.79 Å². The van der Waals surface area contributed by atoms with Gasteiger partial charge >= 0.3 is 0 Å². The summed E-state index contributed by atoms with van der Waals surface area (Å²) >= 11 is 0. The Labute approximate surface area is 111 Å². The van der Waals surface area contributed by atoms with Crippen LogP contribution in [0.4, 0.5) is 11.5 Å². The van der Waals surface area contributed by atoms with Gasteiger partial charge in [0, 0.05) is 6.20 Å². The van der Waals surface area contributed by atoms with Gasteiger partial charge in [0.15, 0.2) is 5.82 Å². The minimum atomic E-state index is -0.398. The maximum atomic E-state index is 12.4. The molecule has 4 heteroatoms. The van der Waals surface area contributed by atoms with Crippen molar-refractivity contribution < 1.29 is 4.79 Å². The van der Waals surface area contributed by atoms with Crippen molar-refractivity contribution in [1.29, 1.82) is 0 Å². The van der Waals surface area contributed by atoms with Gasteiger partial charge in [-0.3, -0.25) is 4.79 Å². The van der Waals surface area contributed by atoms with E-state index in [4.69, 9.17) is 5.73 Å². The molecular formula is C15H15N3O. The number of benzene rings is 1. The number of aromatic nitrogens is 1. The molecule has 1 amide bonds. The molecule has 1 aromatic carbocycles. The van der Waals surface area contributed by atoms with Crippen molar-refractivity contribution in [3.8, 4) is 0 Å². The van der Waals surface area contributed by atoms with Crippen LogP contribution >= 0.6 is 0 Å². The Bertz CT molecular complexity index is 606. The Balaban J connectivity index is 1.84. The number of nitrogens with two attached hydrogens (primary N) is 1. The van der Waals surface area contributed by atoms with Crippen LogP contribution in [0.15, 0.2) is 48.7 Å². The Kier molecular flexibility index (Phi) is 2.71. The molecule has 19 heavy (non-hydrogen) atoms. The number of amides is 1. The molecule has 2 aromatic rings. The first-order chi connectivity index (χ1) is 9.22. The van der Waals surface area contributed by atoms with E-state index in [1.807, 2.05) is 30.3 Å². The second-order valence-corrected chi connectivity index (χ2v) is 4.84. The van der Waals surface area contributed by atoms with Gasteiger partial charge < -0.3 is 11.1 Å². The molecule has 0 aliphatic heterocycles. The van der Waals surface area contributed by atoms with E-state index in [0.717, 1.165) is 18.4 Å². The highest BCUT2D eigenvalue weighted by Crippen LogP contribution is 2.48. The zero-order chi connectivity index (χ0) is 13.3. The summed E-state index contributed by atoms with van der Waals surface area (Å²) < 4.78 is 0. The van der Waals surface area contributed by atoms with Crippen LogP contribution in [-0.2, 0) is 10.2 Å². The van der Waals surface area contributed by atoms with Crippen molar-refractivity contribution in [3.63, 3.8) is 0 Å². The van der Waals surface area contributed by atoms with E-state index in [0.29, 0.717) is 11.5 Å². The number of nitrogen functional groups attached to an aromatic ring is 1. The van der Waals surface area contributed by atoms with Gasteiger partial charge in [0.2, 0.25) is 5.91 Å². The fraction of sp³-hybridized carbons (Fsp3) is 0.200. The monoisotopic (exact) mass is 253 g/mol. The summed E-state index contributed by atoms with van der Waals surface area (Å²) in [5.41, 5.74) is 6.94. The summed E-state index contributed by atoms with van der Waals surface area (Å²) in [6.07, 6.45) is 3.36. The number of pyridine rings is 1. The van der Waals surface area contributed by atoms with E-state index in [1.165, 1.54) is 0 Å². The number of hydrogen-bond donors (Lipinski definition) is 2. The van der Waals surface area contributed by atoms with Crippen LogP contribution in [0, 0.1) is 0 Å². The van der Waals surface area contributed by atoms with Gasteiger partial charge in [0.1, 0.15) is 0 Å². The van der Waals surface area contributed by atoms with Gasteiger partial charge in [-0.15, -0.1) is 0 Å². The molecule has 1 aliphatic rings. The summed E-state index contributed by atoms with van der Waals surface area (Å²) in [4.78, 5) is 16.5. The summed E-state index contributed by atoms with van der Waals surface area (Å²) in [5.74, 6) is 0.416. The number of rotatable bonds is 3. The molecular weight excluding hydrogens is 238 g/mol. The van der Waals surface area contributed by atoms with Crippen molar-refractivity contribution in [2.75, 3.05) is 11.1 Å². The first kappa shape index (κ1) is 11.7. The highest BCUT2D eigenvalue weighted by atomic mass is 16.2. The predicted octanol–water partition coefficient (Wildman–Crippen LogP) is 2.33. The Hall–Kier alpha value is -2.36. The first-order valence-corrected chi connectivity index (χ1v) is 6.30. The number of carbonyl (C=O) groups is 1. The fourth-order valence-electron chi connectivity index (χ4n) is 2.28. The van der Waals surface area contributed by atoms with Crippen LogP contribution in [0.1, 0.15) is 18.4 Å². The molecule has 1 heterocycles. The topological polar surface area (TPSA) is 68.0 Å². The second-order valence-electron chi connectivity index (χ2n) is 4.84. The SMILES string of the molecule is Nc1cccnc1NC(=O)C1(c2ccccc2)CC1. The predicted molar refractivity (Wildman–Crippen MR) is 74.6 cm³/mol. The average Bonchev–Trinajstić information content (AvgIpc) is 3.24. The molecule has 3 rings (SSSR count). The Morgan fingerprint density at radius 2 is 1.89 bits per heavy atom. The fourth-order valence-corrected chi connectivity index (χ4v) is 2.28. The van der Waals surface area contributed by atoms with Gasteiger partial charge in [-0.25, -0.2) is 4.98 Å². The van der Waals surface area contributed by atoms with Crippen LogP contribution < -0.4 is 11.1 Å².